The third-order valence-electron chi connectivity index (χ3n) is 3.85. The number of hydrogen-bond donors (Lipinski definition) is 1. The molecule has 0 aliphatic carbocycles. The number of rotatable bonds is 6. The van der Waals surface area contributed by atoms with Gasteiger partial charge < -0.3 is 0 Å². The molecule has 2 aromatic carbocycles. The van der Waals surface area contributed by atoms with E-state index >= 15 is 0 Å². The molecule has 3 aromatic rings. The van der Waals surface area contributed by atoms with Crippen molar-refractivity contribution in [2.75, 3.05) is 11.6 Å². The van der Waals surface area contributed by atoms with E-state index in [-0.39, 0.29) is 11.7 Å². The lowest BCUT2D eigenvalue weighted by Crippen LogP contribution is -2.12. The first-order valence-electron chi connectivity index (χ1n) is 8.37. The Bertz CT molecular complexity index is 1070. The summed E-state index contributed by atoms with van der Waals surface area (Å²) >= 11 is 1.43. The monoisotopic (exact) mass is 400 g/mol. The highest BCUT2D eigenvalue weighted by molar-refractivity contribution is 7.89. The van der Waals surface area contributed by atoms with Crippen LogP contribution in [0.4, 0.5) is 5.13 Å². The number of benzene rings is 2. The maximum atomic E-state index is 12.5. The number of aryl methyl sites for hydroxylation is 1. The molecule has 0 unspecified atom stereocenters. The van der Waals surface area contributed by atoms with Crippen LogP contribution >= 0.6 is 11.3 Å². The van der Waals surface area contributed by atoms with Gasteiger partial charge in [-0.1, -0.05) is 42.0 Å². The summed E-state index contributed by atoms with van der Waals surface area (Å²) in [6.45, 7) is 2.06. The molecule has 5 nitrogen and oxygen atoms in total. The second-order valence-corrected chi connectivity index (χ2v) is 9.78. The Kier molecular flexibility index (Phi) is 5.72. The lowest BCUT2D eigenvalue weighted by atomic mass is 10.1. The van der Waals surface area contributed by atoms with E-state index in [9.17, 15) is 13.2 Å². The molecule has 0 bridgehead atoms. The fraction of sp³-hybridized carbons (Fsp3) is 0.200. The fourth-order valence-electron chi connectivity index (χ4n) is 2.74. The normalized spacial score (nSPS) is 11.3. The van der Waals surface area contributed by atoms with Crippen molar-refractivity contribution in [3.8, 4) is 0 Å². The molecule has 0 aliphatic heterocycles. The van der Waals surface area contributed by atoms with Gasteiger partial charge in [0.2, 0.25) is 0 Å². The van der Waals surface area contributed by atoms with E-state index in [1.807, 2.05) is 6.07 Å². The van der Waals surface area contributed by atoms with Crippen LogP contribution in [0.25, 0.3) is 0 Å². The van der Waals surface area contributed by atoms with Crippen molar-refractivity contribution in [1.29, 1.82) is 0 Å². The van der Waals surface area contributed by atoms with Crippen molar-refractivity contribution in [2.45, 2.75) is 19.1 Å². The van der Waals surface area contributed by atoms with Gasteiger partial charge in [-0.25, -0.2) is 13.4 Å². The van der Waals surface area contributed by atoms with Crippen LogP contribution in [0, 0.1) is 6.92 Å². The molecule has 0 spiro atoms. The number of carbonyl (C=O) groups is 1. The SMILES string of the molecule is Cc1cccc(Cc2cnc(NC(=O)c3cccc(CS(C)(=O)=O)c3)s2)c1. The van der Waals surface area contributed by atoms with E-state index in [4.69, 9.17) is 0 Å². The Hall–Kier alpha value is -2.51. The van der Waals surface area contributed by atoms with E-state index in [0.717, 1.165) is 11.3 Å². The molecule has 0 aliphatic rings. The van der Waals surface area contributed by atoms with Gasteiger partial charge >= 0.3 is 0 Å². The average molecular weight is 401 g/mol. The van der Waals surface area contributed by atoms with Crippen LogP contribution in [0.2, 0.25) is 0 Å². The van der Waals surface area contributed by atoms with Crippen LogP contribution in [-0.2, 0) is 22.0 Å². The highest BCUT2D eigenvalue weighted by atomic mass is 32.2. The van der Waals surface area contributed by atoms with Crippen LogP contribution in [0.5, 0.6) is 0 Å². The van der Waals surface area contributed by atoms with Crippen molar-refractivity contribution >= 4 is 32.2 Å². The molecule has 27 heavy (non-hydrogen) atoms. The maximum Gasteiger partial charge on any atom is 0.257 e. The summed E-state index contributed by atoms with van der Waals surface area (Å²) in [5, 5.41) is 3.31. The van der Waals surface area contributed by atoms with E-state index in [1.54, 1.807) is 30.5 Å². The third-order valence-corrected chi connectivity index (χ3v) is 5.62. The standard InChI is InChI=1S/C20H20N2O3S2/c1-14-5-3-6-15(9-14)11-18-12-21-20(26-18)22-19(23)17-8-4-7-16(10-17)13-27(2,24)25/h3-10,12H,11,13H2,1-2H3,(H,21,22,23). The van der Waals surface area contributed by atoms with E-state index < -0.39 is 9.84 Å². The van der Waals surface area contributed by atoms with Crippen molar-refractivity contribution in [3.63, 3.8) is 0 Å². The average Bonchev–Trinajstić information content (AvgIpc) is 3.00. The molecular weight excluding hydrogens is 380 g/mol. The number of sulfone groups is 1. The summed E-state index contributed by atoms with van der Waals surface area (Å²) in [4.78, 5) is 17.8. The highest BCUT2D eigenvalue weighted by Gasteiger charge is 2.12. The quantitative estimate of drug-likeness (QED) is 0.682. The summed E-state index contributed by atoms with van der Waals surface area (Å²) < 4.78 is 22.9. The second kappa shape index (κ2) is 8.02. The van der Waals surface area contributed by atoms with Gasteiger partial charge in [0, 0.05) is 29.3 Å². The van der Waals surface area contributed by atoms with Crippen LogP contribution in [0.15, 0.2) is 54.7 Å². The zero-order valence-electron chi connectivity index (χ0n) is 15.1. The number of hydrogen-bond acceptors (Lipinski definition) is 5. The predicted octanol–water partition coefficient (Wildman–Crippen LogP) is 3.84. The zero-order chi connectivity index (χ0) is 19.4. The fourth-order valence-corrected chi connectivity index (χ4v) is 4.37. The number of nitrogens with one attached hydrogen (secondary N) is 1. The lowest BCUT2D eigenvalue weighted by molar-refractivity contribution is 0.102. The zero-order valence-corrected chi connectivity index (χ0v) is 16.7. The molecule has 1 aromatic heterocycles. The summed E-state index contributed by atoms with van der Waals surface area (Å²) in [7, 11) is -3.15. The van der Waals surface area contributed by atoms with Gasteiger partial charge in [0.05, 0.1) is 5.75 Å². The largest absolute Gasteiger partial charge is 0.298 e. The summed E-state index contributed by atoms with van der Waals surface area (Å²) in [5.41, 5.74) is 3.40. The van der Waals surface area contributed by atoms with Gasteiger partial charge in [-0.2, -0.15) is 0 Å². The second-order valence-electron chi connectivity index (χ2n) is 6.52. The van der Waals surface area contributed by atoms with E-state index in [1.165, 1.54) is 28.7 Å². The maximum absolute atomic E-state index is 12.5. The Balaban J connectivity index is 1.68. The molecule has 0 fully saturated rings. The van der Waals surface area contributed by atoms with Crippen molar-refractivity contribution in [2.24, 2.45) is 0 Å². The van der Waals surface area contributed by atoms with Crippen LogP contribution in [-0.4, -0.2) is 25.6 Å². The van der Waals surface area contributed by atoms with Crippen molar-refractivity contribution in [3.05, 3.63) is 81.9 Å². The first-order chi connectivity index (χ1) is 12.8. The molecule has 0 saturated heterocycles. The number of thiazole rings is 1. The summed E-state index contributed by atoms with van der Waals surface area (Å²) in [5.74, 6) is -0.395. The Labute approximate surface area is 163 Å². The summed E-state index contributed by atoms with van der Waals surface area (Å²) in [6, 6.07) is 14.9. The molecule has 1 amide bonds. The Morgan fingerprint density at radius 3 is 2.59 bits per heavy atom. The van der Waals surface area contributed by atoms with Crippen LogP contribution in [0.3, 0.4) is 0 Å². The predicted molar refractivity (Wildman–Crippen MR) is 109 cm³/mol. The van der Waals surface area contributed by atoms with Crippen LogP contribution in [0.1, 0.15) is 31.9 Å². The minimum absolute atomic E-state index is 0.0913. The molecule has 3 rings (SSSR count). The van der Waals surface area contributed by atoms with Crippen molar-refractivity contribution in [1.82, 2.24) is 4.98 Å². The Morgan fingerprint density at radius 1 is 1.11 bits per heavy atom. The van der Waals surface area contributed by atoms with E-state index in [2.05, 4.69) is 35.4 Å². The first kappa shape index (κ1) is 19.3. The van der Waals surface area contributed by atoms with Gasteiger partial charge in [0.1, 0.15) is 0 Å². The summed E-state index contributed by atoms with van der Waals surface area (Å²) in [6.07, 6.45) is 3.70. The highest BCUT2D eigenvalue weighted by Crippen LogP contribution is 2.22. The molecular formula is C20H20N2O3S2. The molecule has 140 valence electrons. The number of nitrogens with zero attached hydrogens (tertiary/aromatic N) is 1. The number of amides is 1. The topological polar surface area (TPSA) is 76.1 Å². The third kappa shape index (κ3) is 5.74. The van der Waals surface area contributed by atoms with Crippen LogP contribution < -0.4 is 5.32 Å². The molecule has 0 radical (unpaired) electrons. The van der Waals surface area contributed by atoms with Gasteiger partial charge in [-0.05, 0) is 30.2 Å². The minimum atomic E-state index is -3.15. The molecule has 1 heterocycles. The van der Waals surface area contributed by atoms with Gasteiger partial charge in [-0.15, -0.1) is 11.3 Å². The van der Waals surface area contributed by atoms with Gasteiger partial charge in [0.15, 0.2) is 15.0 Å². The molecule has 0 atom stereocenters. The minimum Gasteiger partial charge on any atom is -0.298 e. The smallest absolute Gasteiger partial charge is 0.257 e. The van der Waals surface area contributed by atoms with E-state index in [0.29, 0.717) is 16.3 Å². The Morgan fingerprint density at radius 2 is 1.85 bits per heavy atom. The van der Waals surface area contributed by atoms with Crippen molar-refractivity contribution < 1.29 is 13.2 Å². The van der Waals surface area contributed by atoms with Gasteiger partial charge in [-0.3, -0.25) is 10.1 Å². The molecule has 0 saturated carbocycles. The molecule has 1 N–H and O–H groups in total. The number of aromatic nitrogens is 1. The number of anilines is 1. The first-order valence-corrected chi connectivity index (χ1v) is 11.2. The number of carbonyl (C=O) groups excluding carboxylic acids is 1. The molecule has 7 heteroatoms. The van der Waals surface area contributed by atoms with Gasteiger partial charge in [0.25, 0.3) is 5.91 Å². The lowest BCUT2D eigenvalue weighted by Gasteiger charge is -2.04.